The third-order valence-corrected chi connectivity index (χ3v) is 6.92. The Labute approximate surface area is 221 Å². The monoisotopic (exact) mass is 544 g/mol. The summed E-state index contributed by atoms with van der Waals surface area (Å²) in [7, 11) is 1.58. The van der Waals surface area contributed by atoms with Gasteiger partial charge in [0.2, 0.25) is 0 Å². The fraction of sp³-hybridized carbons (Fsp3) is 0.0800. The minimum Gasteiger partial charge on any atom is -0.497 e. The Morgan fingerprint density at radius 2 is 1.71 bits per heavy atom. The van der Waals surface area contributed by atoms with Gasteiger partial charge in [0.05, 0.1) is 27.7 Å². The van der Waals surface area contributed by atoms with Crippen molar-refractivity contribution in [2.24, 2.45) is 0 Å². The van der Waals surface area contributed by atoms with Crippen molar-refractivity contribution in [1.29, 1.82) is 0 Å². The van der Waals surface area contributed by atoms with Crippen LogP contribution >= 0.6 is 47.2 Å². The number of nitrogens with one attached hydrogen (secondary N) is 1. The smallest absolute Gasteiger partial charge is 0.270 e. The first kappa shape index (κ1) is 25.1. The van der Waals surface area contributed by atoms with Crippen LogP contribution in [0.2, 0.25) is 10.0 Å². The highest BCUT2D eigenvalue weighted by molar-refractivity contribution is 8.27. The van der Waals surface area contributed by atoms with Crippen molar-refractivity contribution >= 4 is 80.8 Å². The summed E-state index contributed by atoms with van der Waals surface area (Å²) in [6.45, 7) is -0.145. The van der Waals surface area contributed by atoms with Crippen molar-refractivity contribution in [2.75, 3.05) is 23.9 Å². The van der Waals surface area contributed by atoms with Gasteiger partial charge in [0, 0.05) is 5.69 Å². The second kappa shape index (κ2) is 11.1. The molecule has 4 rings (SSSR count). The minimum absolute atomic E-state index is 0.145. The third kappa shape index (κ3) is 6.15. The Balaban J connectivity index is 1.36. The van der Waals surface area contributed by atoms with Crippen LogP contribution in [0.15, 0.2) is 71.6 Å². The number of benzene rings is 3. The van der Waals surface area contributed by atoms with Crippen LogP contribution < -0.4 is 19.7 Å². The molecule has 0 aliphatic carbocycles. The zero-order chi connectivity index (χ0) is 24.9. The maximum Gasteiger partial charge on any atom is 0.270 e. The normalized spacial score (nSPS) is 14.4. The van der Waals surface area contributed by atoms with Gasteiger partial charge in [-0.15, -0.1) is 0 Å². The first-order valence-corrected chi connectivity index (χ1v) is 12.2. The van der Waals surface area contributed by atoms with E-state index >= 15 is 0 Å². The number of anilines is 2. The van der Waals surface area contributed by atoms with Crippen LogP contribution in [0.3, 0.4) is 0 Å². The van der Waals surface area contributed by atoms with Crippen LogP contribution in [0.25, 0.3) is 6.08 Å². The summed E-state index contributed by atoms with van der Waals surface area (Å²) in [5.74, 6) is 0.699. The number of thiocarbonyl (C=S) groups is 1. The minimum atomic E-state index is -0.287. The van der Waals surface area contributed by atoms with Crippen molar-refractivity contribution in [3.63, 3.8) is 0 Å². The van der Waals surface area contributed by atoms with E-state index in [0.29, 0.717) is 42.1 Å². The van der Waals surface area contributed by atoms with Gasteiger partial charge in [-0.3, -0.25) is 14.5 Å². The largest absolute Gasteiger partial charge is 0.497 e. The number of nitrogens with zero attached hydrogens (tertiary/aromatic N) is 1. The molecule has 0 bridgehead atoms. The number of carbonyl (C=O) groups is 2. The molecule has 1 fully saturated rings. The maximum atomic E-state index is 12.9. The van der Waals surface area contributed by atoms with Crippen LogP contribution in [0.5, 0.6) is 11.5 Å². The molecule has 1 N–H and O–H groups in total. The predicted molar refractivity (Wildman–Crippen MR) is 146 cm³/mol. The molecule has 35 heavy (non-hydrogen) atoms. The molecule has 0 atom stereocenters. The highest BCUT2D eigenvalue weighted by atomic mass is 35.5. The number of thioether (sulfide) groups is 1. The summed E-state index contributed by atoms with van der Waals surface area (Å²) >= 11 is 18.7. The van der Waals surface area contributed by atoms with E-state index in [2.05, 4.69) is 5.32 Å². The number of methoxy groups -OCH3 is 1. The Morgan fingerprint density at radius 3 is 2.37 bits per heavy atom. The lowest BCUT2D eigenvalue weighted by atomic mass is 10.2. The van der Waals surface area contributed by atoms with Gasteiger partial charge >= 0.3 is 0 Å². The highest BCUT2D eigenvalue weighted by Crippen LogP contribution is 2.38. The lowest BCUT2D eigenvalue weighted by Gasteiger charge is -2.15. The van der Waals surface area contributed by atoms with E-state index in [1.54, 1.807) is 79.9 Å². The molecule has 0 saturated carbocycles. The zero-order valence-corrected chi connectivity index (χ0v) is 21.4. The molecule has 1 aliphatic rings. The molecule has 0 aromatic heterocycles. The average molecular weight is 545 g/mol. The number of rotatable bonds is 7. The van der Waals surface area contributed by atoms with Crippen molar-refractivity contribution in [3.05, 3.63) is 87.2 Å². The van der Waals surface area contributed by atoms with E-state index in [4.69, 9.17) is 44.9 Å². The Hall–Kier alpha value is -3.04. The molecular weight excluding hydrogens is 527 g/mol. The Kier molecular flexibility index (Phi) is 7.97. The molecule has 1 heterocycles. The van der Waals surface area contributed by atoms with E-state index in [1.165, 1.54) is 16.7 Å². The van der Waals surface area contributed by atoms with Crippen LogP contribution in [-0.2, 0) is 9.59 Å². The molecule has 178 valence electrons. The summed E-state index contributed by atoms with van der Waals surface area (Å²) in [5, 5.41) is 3.50. The van der Waals surface area contributed by atoms with Gasteiger partial charge in [-0.25, -0.2) is 0 Å². The predicted octanol–water partition coefficient (Wildman–Crippen LogP) is 6.43. The number of ether oxygens (including phenoxy) is 2. The van der Waals surface area contributed by atoms with Crippen molar-refractivity contribution in [2.45, 2.75) is 0 Å². The molecular formula is C25H18Cl2N2O4S2. The molecule has 3 aromatic carbocycles. The second-order valence-corrected chi connectivity index (χ2v) is 9.74. The maximum absolute atomic E-state index is 12.9. The van der Waals surface area contributed by atoms with Gasteiger partial charge < -0.3 is 14.8 Å². The van der Waals surface area contributed by atoms with Gasteiger partial charge in [0.1, 0.15) is 11.5 Å². The molecule has 0 spiro atoms. The molecule has 1 saturated heterocycles. The first-order valence-electron chi connectivity index (χ1n) is 10.2. The number of hydrogen-bond acceptors (Lipinski definition) is 6. The fourth-order valence-electron chi connectivity index (χ4n) is 3.15. The molecule has 6 nitrogen and oxygen atoms in total. The summed E-state index contributed by atoms with van der Waals surface area (Å²) in [4.78, 5) is 27.0. The zero-order valence-electron chi connectivity index (χ0n) is 18.3. The number of amides is 2. The van der Waals surface area contributed by atoms with E-state index in [9.17, 15) is 9.59 Å². The molecule has 3 aromatic rings. The van der Waals surface area contributed by atoms with Crippen molar-refractivity contribution in [1.82, 2.24) is 0 Å². The average Bonchev–Trinajstić information content (AvgIpc) is 3.13. The standard InChI is InChI=1S/C25H18Cl2N2O4S2/c1-32-18-9-4-16(5-10-18)28-23(30)14-33-19-7-2-15(3-8-19)12-22-24(31)29(25(34)35-22)17-6-11-20(26)21(27)13-17/h2-13H,14H2,1H3,(H,28,30)/b22-12-. The SMILES string of the molecule is COc1ccc(NC(=O)COc2ccc(/C=C3\SC(=S)N(c4ccc(Cl)c(Cl)c4)C3=O)cc2)cc1. The lowest BCUT2D eigenvalue weighted by molar-refractivity contribution is -0.118. The molecule has 0 unspecified atom stereocenters. The van der Waals surface area contributed by atoms with Crippen molar-refractivity contribution < 1.29 is 19.1 Å². The molecule has 1 aliphatic heterocycles. The van der Waals surface area contributed by atoms with Gasteiger partial charge in [-0.05, 0) is 66.2 Å². The quantitative estimate of drug-likeness (QED) is 0.273. The van der Waals surface area contributed by atoms with Crippen LogP contribution in [0, 0.1) is 0 Å². The third-order valence-electron chi connectivity index (χ3n) is 4.88. The van der Waals surface area contributed by atoms with E-state index in [-0.39, 0.29) is 18.4 Å². The summed E-state index contributed by atoms with van der Waals surface area (Å²) in [5.41, 5.74) is 1.99. The molecule has 10 heteroatoms. The topological polar surface area (TPSA) is 67.9 Å². The van der Waals surface area contributed by atoms with E-state index in [1.807, 2.05) is 0 Å². The van der Waals surface area contributed by atoms with E-state index < -0.39 is 0 Å². The lowest BCUT2D eigenvalue weighted by Crippen LogP contribution is -2.27. The summed E-state index contributed by atoms with van der Waals surface area (Å²) in [6.07, 6.45) is 1.75. The van der Waals surface area contributed by atoms with Crippen LogP contribution in [-0.4, -0.2) is 29.9 Å². The Morgan fingerprint density at radius 1 is 1.03 bits per heavy atom. The Bertz CT molecular complexity index is 1310. The van der Waals surface area contributed by atoms with Crippen molar-refractivity contribution in [3.8, 4) is 11.5 Å². The first-order chi connectivity index (χ1) is 16.8. The van der Waals surface area contributed by atoms with Crippen LogP contribution in [0.4, 0.5) is 11.4 Å². The molecule has 2 amide bonds. The van der Waals surface area contributed by atoms with Gasteiger partial charge in [0.15, 0.2) is 10.9 Å². The van der Waals surface area contributed by atoms with Gasteiger partial charge in [0.25, 0.3) is 11.8 Å². The fourth-order valence-corrected chi connectivity index (χ4v) is 4.74. The number of halogens is 2. The summed E-state index contributed by atoms with van der Waals surface area (Å²) < 4.78 is 11.1. The second-order valence-electron chi connectivity index (χ2n) is 7.25. The number of carbonyl (C=O) groups excluding carboxylic acids is 2. The number of hydrogen-bond donors (Lipinski definition) is 1. The van der Waals surface area contributed by atoms with Crippen LogP contribution in [0.1, 0.15) is 5.56 Å². The van der Waals surface area contributed by atoms with Gasteiger partial charge in [-0.1, -0.05) is 59.3 Å². The van der Waals surface area contributed by atoms with E-state index in [0.717, 1.165) is 5.56 Å². The summed E-state index contributed by atoms with van der Waals surface area (Å²) in [6, 6.07) is 19.0. The van der Waals surface area contributed by atoms with Gasteiger partial charge in [-0.2, -0.15) is 0 Å². The highest BCUT2D eigenvalue weighted by Gasteiger charge is 2.33. The molecule has 0 radical (unpaired) electrons.